The Hall–Kier alpha value is -2.00. The first-order valence-corrected chi connectivity index (χ1v) is 6.06. The second-order valence-electron chi connectivity index (χ2n) is 4.66. The van der Waals surface area contributed by atoms with Crippen molar-refractivity contribution in [1.29, 1.82) is 0 Å². The third-order valence-corrected chi connectivity index (χ3v) is 3.40. The molecule has 18 heavy (non-hydrogen) atoms. The highest BCUT2D eigenvalue weighted by Gasteiger charge is 2.24. The van der Waals surface area contributed by atoms with Crippen LogP contribution in [0.1, 0.15) is 16.8 Å². The van der Waals surface area contributed by atoms with E-state index in [9.17, 15) is 4.79 Å². The van der Waals surface area contributed by atoms with Crippen molar-refractivity contribution in [3.8, 4) is 0 Å². The smallest absolute Gasteiger partial charge is 0.170 e. The Morgan fingerprint density at radius 3 is 2.94 bits per heavy atom. The van der Waals surface area contributed by atoms with E-state index in [2.05, 4.69) is 4.98 Å². The van der Waals surface area contributed by atoms with E-state index in [4.69, 9.17) is 5.73 Å². The van der Waals surface area contributed by atoms with Gasteiger partial charge < -0.3 is 5.73 Å². The second-order valence-corrected chi connectivity index (χ2v) is 4.66. The number of Topliss-reactive ketones (excluding diaryl/α,β-unsaturated/α-hetero) is 1. The van der Waals surface area contributed by atoms with Crippen LogP contribution in [-0.4, -0.2) is 16.8 Å². The fourth-order valence-corrected chi connectivity index (χ4v) is 2.45. The Kier molecular flexibility index (Phi) is 2.68. The summed E-state index contributed by atoms with van der Waals surface area (Å²) in [5.74, 6) is 0.0450. The van der Waals surface area contributed by atoms with Crippen molar-refractivity contribution in [3.05, 3.63) is 54.4 Å². The predicted molar refractivity (Wildman–Crippen MR) is 71.3 cm³/mol. The molecule has 0 bridgehead atoms. The van der Waals surface area contributed by atoms with Gasteiger partial charge in [-0.2, -0.15) is 0 Å². The number of fused-ring (bicyclic) bond motifs is 1. The van der Waals surface area contributed by atoms with Gasteiger partial charge >= 0.3 is 0 Å². The molecule has 3 heteroatoms. The standard InChI is InChI=1S/C15H14N2O/c16-12-5-4-11(8-12)15(18)13-3-1-2-10-6-7-17-9-14(10)13/h1-7,9,11-12H,8,16H2. The van der Waals surface area contributed by atoms with E-state index in [1.807, 2.05) is 36.4 Å². The lowest BCUT2D eigenvalue weighted by Crippen LogP contribution is -2.19. The van der Waals surface area contributed by atoms with Gasteiger partial charge in [-0.15, -0.1) is 0 Å². The van der Waals surface area contributed by atoms with E-state index in [-0.39, 0.29) is 17.7 Å². The average molecular weight is 238 g/mol. The maximum atomic E-state index is 12.5. The highest BCUT2D eigenvalue weighted by atomic mass is 16.1. The van der Waals surface area contributed by atoms with E-state index in [1.165, 1.54) is 0 Å². The molecule has 1 aromatic carbocycles. The molecule has 0 saturated carbocycles. The van der Waals surface area contributed by atoms with Crippen LogP contribution in [-0.2, 0) is 0 Å². The molecule has 2 N–H and O–H groups in total. The van der Waals surface area contributed by atoms with Gasteiger partial charge in [0.15, 0.2) is 5.78 Å². The van der Waals surface area contributed by atoms with Crippen LogP contribution in [0.25, 0.3) is 10.8 Å². The van der Waals surface area contributed by atoms with Crippen molar-refractivity contribution >= 4 is 16.6 Å². The largest absolute Gasteiger partial charge is 0.324 e. The van der Waals surface area contributed by atoms with Crippen molar-refractivity contribution < 1.29 is 4.79 Å². The van der Waals surface area contributed by atoms with Gasteiger partial charge in [0.1, 0.15) is 0 Å². The van der Waals surface area contributed by atoms with E-state index < -0.39 is 0 Å². The number of pyridine rings is 1. The molecule has 1 aliphatic carbocycles. The van der Waals surface area contributed by atoms with Gasteiger partial charge in [0.25, 0.3) is 0 Å². The van der Waals surface area contributed by atoms with Gasteiger partial charge in [0.2, 0.25) is 0 Å². The van der Waals surface area contributed by atoms with Crippen LogP contribution in [0.2, 0.25) is 0 Å². The van der Waals surface area contributed by atoms with E-state index in [0.29, 0.717) is 6.42 Å². The maximum absolute atomic E-state index is 12.5. The highest BCUT2D eigenvalue weighted by Crippen LogP contribution is 2.25. The number of allylic oxidation sites excluding steroid dienone is 1. The number of carbonyl (C=O) groups is 1. The zero-order valence-electron chi connectivity index (χ0n) is 9.91. The molecule has 2 aromatic rings. The lowest BCUT2D eigenvalue weighted by Gasteiger charge is -2.10. The molecule has 0 aliphatic heterocycles. The summed E-state index contributed by atoms with van der Waals surface area (Å²) in [6, 6.07) is 7.69. The third kappa shape index (κ3) is 1.83. The number of nitrogens with zero attached hydrogens (tertiary/aromatic N) is 1. The molecule has 1 aliphatic rings. The number of hydrogen-bond donors (Lipinski definition) is 1. The monoisotopic (exact) mass is 238 g/mol. The van der Waals surface area contributed by atoms with Crippen molar-refractivity contribution in [2.75, 3.05) is 0 Å². The molecule has 0 radical (unpaired) electrons. The lowest BCUT2D eigenvalue weighted by atomic mass is 9.93. The van der Waals surface area contributed by atoms with E-state index in [0.717, 1.165) is 16.3 Å². The molecule has 2 atom stereocenters. The van der Waals surface area contributed by atoms with Gasteiger partial charge in [-0.3, -0.25) is 9.78 Å². The van der Waals surface area contributed by atoms with Crippen LogP contribution in [0.15, 0.2) is 48.8 Å². The fourth-order valence-electron chi connectivity index (χ4n) is 2.45. The van der Waals surface area contributed by atoms with Crippen molar-refractivity contribution in [1.82, 2.24) is 4.98 Å². The number of hydrogen-bond acceptors (Lipinski definition) is 3. The number of rotatable bonds is 2. The lowest BCUT2D eigenvalue weighted by molar-refractivity contribution is 0.0944. The zero-order chi connectivity index (χ0) is 12.5. The Morgan fingerprint density at radius 1 is 1.28 bits per heavy atom. The summed E-state index contributed by atoms with van der Waals surface area (Å²) in [6.07, 6.45) is 8.02. The van der Waals surface area contributed by atoms with Crippen LogP contribution in [0.5, 0.6) is 0 Å². The molecular weight excluding hydrogens is 224 g/mol. The van der Waals surface area contributed by atoms with Gasteiger partial charge in [0, 0.05) is 35.3 Å². The van der Waals surface area contributed by atoms with Crippen LogP contribution in [0.3, 0.4) is 0 Å². The Balaban J connectivity index is 2.04. The highest BCUT2D eigenvalue weighted by molar-refractivity contribution is 6.09. The van der Waals surface area contributed by atoms with Gasteiger partial charge in [-0.05, 0) is 17.9 Å². The molecular formula is C15H14N2O. The van der Waals surface area contributed by atoms with Crippen LogP contribution in [0.4, 0.5) is 0 Å². The van der Waals surface area contributed by atoms with E-state index in [1.54, 1.807) is 12.4 Å². The minimum atomic E-state index is -0.0918. The van der Waals surface area contributed by atoms with Gasteiger partial charge in [-0.1, -0.05) is 30.4 Å². The molecule has 1 aromatic heterocycles. The summed E-state index contributed by atoms with van der Waals surface area (Å²) in [6.45, 7) is 0. The quantitative estimate of drug-likeness (QED) is 0.645. The predicted octanol–water partition coefficient (Wildman–Crippen LogP) is 2.32. The first-order chi connectivity index (χ1) is 8.75. The number of benzene rings is 1. The summed E-state index contributed by atoms with van der Waals surface area (Å²) in [7, 11) is 0. The molecule has 3 nitrogen and oxygen atoms in total. The summed E-state index contributed by atoms with van der Waals surface area (Å²) >= 11 is 0. The minimum absolute atomic E-state index is 0.00653. The normalized spacial score (nSPS) is 22.5. The van der Waals surface area contributed by atoms with Gasteiger partial charge in [-0.25, -0.2) is 0 Å². The fraction of sp³-hybridized carbons (Fsp3) is 0.200. The van der Waals surface area contributed by atoms with Crippen molar-refractivity contribution in [3.63, 3.8) is 0 Å². The zero-order valence-corrected chi connectivity index (χ0v) is 9.91. The molecule has 1 heterocycles. The number of carbonyl (C=O) groups excluding carboxylic acids is 1. The maximum Gasteiger partial charge on any atom is 0.170 e. The summed E-state index contributed by atoms with van der Waals surface area (Å²) in [5, 5.41) is 1.96. The number of nitrogens with two attached hydrogens (primary N) is 1. The third-order valence-electron chi connectivity index (χ3n) is 3.40. The molecule has 3 rings (SSSR count). The second kappa shape index (κ2) is 4.35. The van der Waals surface area contributed by atoms with Crippen LogP contribution in [0, 0.1) is 5.92 Å². The van der Waals surface area contributed by atoms with Gasteiger partial charge in [0.05, 0.1) is 0 Å². The molecule has 90 valence electrons. The Morgan fingerprint density at radius 2 is 2.17 bits per heavy atom. The number of aromatic nitrogens is 1. The Bertz CT molecular complexity index is 628. The van der Waals surface area contributed by atoms with Crippen molar-refractivity contribution in [2.24, 2.45) is 11.7 Å². The topological polar surface area (TPSA) is 56.0 Å². The first-order valence-electron chi connectivity index (χ1n) is 6.06. The van der Waals surface area contributed by atoms with Crippen molar-refractivity contribution in [2.45, 2.75) is 12.5 Å². The number of ketones is 1. The SMILES string of the molecule is NC1C=CC(C(=O)c2cccc3ccncc23)C1. The first kappa shape index (κ1) is 11.1. The molecule has 0 saturated heterocycles. The Labute approximate surface area is 105 Å². The van der Waals surface area contributed by atoms with E-state index >= 15 is 0 Å². The van der Waals surface area contributed by atoms with Crippen LogP contribution < -0.4 is 5.73 Å². The summed E-state index contributed by atoms with van der Waals surface area (Å²) in [4.78, 5) is 16.6. The molecule has 0 fully saturated rings. The van der Waals surface area contributed by atoms with Crippen LogP contribution >= 0.6 is 0 Å². The average Bonchev–Trinajstić information content (AvgIpc) is 2.84. The summed E-state index contributed by atoms with van der Waals surface area (Å²) in [5.41, 5.74) is 6.54. The minimum Gasteiger partial charge on any atom is -0.324 e. The summed E-state index contributed by atoms with van der Waals surface area (Å²) < 4.78 is 0. The molecule has 0 amide bonds. The molecule has 2 unspecified atom stereocenters. The molecule has 0 spiro atoms.